The van der Waals surface area contributed by atoms with E-state index in [0.717, 1.165) is 11.3 Å². The Morgan fingerprint density at radius 1 is 1.06 bits per heavy atom. The van der Waals surface area contributed by atoms with E-state index in [1.807, 2.05) is 6.07 Å². The normalized spacial score (nSPS) is 10.6. The van der Waals surface area contributed by atoms with E-state index >= 15 is 0 Å². The van der Waals surface area contributed by atoms with Gasteiger partial charge < -0.3 is 5.11 Å². The predicted molar refractivity (Wildman–Crippen MR) is 67.6 cm³/mol. The van der Waals surface area contributed by atoms with Crippen molar-refractivity contribution in [3.05, 3.63) is 46.9 Å². The zero-order chi connectivity index (χ0) is 12.4. The van der Waals surface area contributed by atoms with Crippen LogP contribution in [0, 0.1) is 20.8 Å². The fraction of sp³-hybridized carbons (Fsp3) is 0.286. The van der Waals surface area contributed by atoms with Gasteiger partial charge in [-0.05, 0) is 43.5 Å². The molecule has 0 aliphatic carbocycles. The van der Waals surface area contributed by atoms with Gasteiger partial charge in [-0.3, -0.25) is 0 Å². The number of hydrogen-bond acceptors (Lipinski definition) is 3. The number of aliphatic hydroxyl groups excluding tert-OH is 1. The van der Waals surface area contributed by atoms with E-state index in [9.17, 15) is 0 Å². The predicted octanol–water partition coefficient (Wildman–Crippen LogP) is 2.56. The smallest absolute Gasteiger partial charge is 0.154 e. The summed E-state index contributed by atoms with van der Waals surface area (Å²) in [6, 6.07) is 6.04. The van der Waals surface area contributed by atoms with E-state index in [4.69, 9.17) is 5.11 Å². The molecule has 1 aromatic carbocycles. The Balaban J connectivity index is 2.56. The van der Waals surface area contributed by atoms with Crippen LogP contribution in [-0.4, -0.2) is 15.1 Å². The Labute approximate surface area is 101 Å². The van der Waals surface area contributed by atoms with Gasteiger partial charge in [0.05, 0.1) is 5.69 Å². The molecule has 0 bridgehead atoms. The van der Waals surface area contributed by atoms with Crippen LogP contribution in [0.15, 0.2) is 24.4 Å². The quantitative estimate of drug-likeness (QED) is 0.859. The van der Waals surface area contributed by atoms with Gasteiger partial charge in [-0.15, -0.1) is 0 Å². The number of benzene rings is 1. The molecule has 0 atom stereocenters. The van der Waals surface area contributed by atoms with Crippen molar-refractivity contribution in [1.29, 1.82) is 0 Å². The third kappa shape index (κ3) is 2.19. The van der Waals surface area contributed by atoms with Crippen molar-refractivity contribution < 1.29 is 5.11 Å². The van der Waals surface area contributed by atoms with Gasteiger partial charge in [0, 0.05) is 11.8 Å². The molecule has 0 radical (unpaired) electrons. The number of rotatable bonds is 2. The molecule has 0 saturated carbocycles. The van der Waals surface area contributed by atoms with Crippen LogP contribution in [0.4, 0.5) is 0 Å². The SMILES string of the molecule is Cc1ccc(-c2ccnc(CO)n2)c(C)c1C. The van der Waals surface area contributed by atoms with Gasteiger partial charge in [0.1, 0.15) is 6.61 Å². The van der Waals surface area contributed by atoms with Crippen LogP contribution >= 0.6 is 0 Å². The number of aliphatic hydroxyl groups is 1. The minimum Gasteiger partial charge on any atom is -0.388 e. The largest absolute Gasteiger partial charge is 0.388 e. The van der Waals surface area contributed by atoms with Gasteiger partial charge in [0.2, 0.25) is 0 Å². The Bertz CT molecular complexity index is 550. The van der Waals surface area contributed by atoms with Crippen molar-refractivity contribution in [2.45, 2.75) is 27.4 Å². The van der Waals surface area contributed by atoms with Gasteiger partial charge in [-0.1, -0.05) is 12.1 Å². The van der Waals surface area contributed by atoms with Crippen LogP contribution in [0.3, 0.4) is 0 Å². The van der Waals surface area contributed by atoms with Crippen LogP contribution in [-0.2, 0) is 6.61 Å². The minimum absolute atomic E-state index is 0.127. The summed E-state index contributed by atoms with van der Waals surface area (Å²) >= 11 is 0. The van der Waals surface area contributed by atoms with Crippen LogP contribution in [0.5, 0.6) is 0 Å². The molecule has 3 nitrogen and oxygen atoms in total. The molecule has 0 saturated heterocycles. The lowest BCUT2D eigenvalue weighted by atomic mass is 9.97. The molecule has 0 aliphatic rings. The van der Waals surface area contributed by atoms with Gasteiger partial charge in [-0.25, -0.2) is 9.97 Å². The van der Waals surface area contributed by atoms with E-state index in [2.05, 4.69) is 42.9 Å². The first-order valence-electron chi connectivity index (χ1n) is 5.63. The van der Waals surface area contributed by atoms with Crippen molar-refractivity contribution in [1.82, 2.24) is 9.97 Å². The number of aromatic nitrogens is 2. The molecule has 0 fully saturated rings. The molecule has 0 unspecified atom stereocenters. The molecule has 0 amide bonds. The molecular formula is C14H16N2O. The van der Waals surface area contributed by atoms with Crippen molar-refractivity contribution in [3.63, 3.8) is 0 Å². The maximum atomic E-state index is 9.05. The summed E-state index contributed by atoms with van der Waals surface area (Å²) in [5, 5.41) is 9.05. The Hall–Kier alpha value is -1.74. The maximum absolute atomic E-state index is 9.05. The maximum Gasteiger partial charge on any atom is 0.154 e. The summed E-state index contributed by atoms with van der Waals surface area (Å²) in [6.07, 6.45) is 1.68. The van der Waals surface area contributed by atoms with E-state index in [0.29, 0.717) is 5.82 Å². The summed E-state index contributed by atoms with van der Waals surface area (Å²) < 4.78 is 0. The lowest BCUT2D eigenvalue weighted by molar-refractivity contribution is 0.271. The van der Waals surface area contributed by atoms with E-state index in [1.54, 1.807) is 6.20 Å². The van der Waals surface area contributed by atoms with Gasteiger partial charge in [0.25, 0.3) is 0 Å². The second-order valence-electron chi connectivity index (χ2n) is 4.20. The lowest BCUT2D eigenvalue weighted by Crippen LogP contribution is -1.98. The molecule has 3 heteroatoms. The molecule has 1 aromatic heterocycles. The average molecular weight is 228 g/mol. The summed E-state index contributed by atoms with van der Waals surface area (Å²) in [7, 11) is 0. The Morgan fingerprint density at radius 2 is 1.82 bits per heavy atom. The molecule has 1 N–H and O–H groups in total. The van der Waals surface area contributed by atoms with E-state index in [-0.39, 0.29) is 6.61 Å². The van der Waals surface area contributed by atoms with Crippen LogP contribution in [0.2, 0.25) is 0 Å². The number of aryl methyl sites for hydroxylation is 1. The first-order valence-corrected chi connectivity index (χ1v) is 5.63. The van der Waals surface area contributed by atoms with Crippen molar-refractivity contribution in [2.75, 3.05) is 0 Å². The van der Waals surface area contributed by atoms with Gasteiger partial charge >= 0.3 is 0 Å². The molecule has 17 heavy (non-hydrogen) atoms. The number of nitrogens with zero attached hydrogens (tertiary/aromatic N) is 2. The second kappa shape index (κ2) is 4.63. The average Bonchev–Trinajstić information content (AvgIpc) is 2.36. The summed E-state index contributed by atoms with van der Waals surface area (Å²) in [4.78, 5) is 8.32. The van der Waals surface area contributed by atoms with Gasteiger partial charge in [-0.2, -0.15) is 0 Å². The van der Waals surface area contributed by atoms with Crippen molar-refractivity contribution in [2.24, 2.45) is 0 Å². The molecule has 2 rings (SSSR count). The Kier molecular flexibility index (Phi) is 3.20. The van der Waals surface area contributed by atoms with Crippen LogP contribution < -0.4 is 0 Å². The monoisotopic (exact) mass is 228 g/mol. The second-order valence-corrected chi connectivity index (χ2v) is 4.20. The van der Waals surface area contributed by atoms with Crippen molar-refractivity contribution >= 4 is 0 Å². The number of hydrogen-bond donors (Lipinski definition) is 1. The lowest BCUT2D eigenvalue weighted by Gasteiger charge is -2.11. The molecule has 88 valence electrons. The van der Waals surface area contributed by atoms with E-state index < -0.39 is 0 Å². The summed E-state index contributed by atoms with van der Waals surface area (Å²) in [6.45, 7) is 6.18. The highest BCUT2D eigenvalue weighted by Gasteiger charge is 2.07. The minimum atomic E-state index is -0.127. The van der Waals surface area contributed by atoms with Crippen LogP contribution in [0.25, 0.3) is 11.3 Å². The zero-order valence-electron chi connectivity index (χ0n) is 10.4. The molecule has 0 aliphatic heterocycles. The third-order valence-electron chi connectivity index (χ3n) is 3.18. The fourth-order valence-corrected chi connectivity index (χ4v) is 1.86. The molecule has 2 aromatic rings. The van der Waals surface area contributed by atoms with Gasteiger partial charge in [0.15, 0.2) is 5.82 Å². The highest BCUT2D eigenvalue weighted by Crippen LogP contribution is 2.25. The molecule has 0 spiro atoms. The Morgan fingerprint density at radius 3 is 2.53 bits per heavy atom. The van der Waals surface area contributed by atoms with E-state index in [1.165, 1.54) is 16.7 Å². The topological polar surface area (TPSA) is 46.0 Å². The first kappa shape index (κ1) is 11.7. The van der Waals surface area contributed by atoms with Crippen LogP contribution in [0.1, 0.15) is 22.5 Å². The zero-order valence-corrected chi connectivity index (χ0v) is 10.4. The highest BCUT2D eigenvalue weighted by molar-refractivity contribution is 5.65. The first-order chi connectivity index (χ1) is 8.13. The highest BCUT2D eigenvalue weighted by atomic mass is 16.3. The third-order valence-corrected chi connectivity index (χ3v) is 3.18. The summed E-state index contributed by atoms with van der Waals surface area (Å²) in [5.74, 6) is 0.458. The fourth-order valence-electron chi connectivity index (χ4n) is 1.86. The molecular weight excluding hydrogens is 212 g/mol. The standard InChI is InChI=1S/C14H16N2O/c1-9-4-5-12(11(3)10(9)2)13-6-7-15-14(8-17)16-13/h4-7,17H,8H2,1-3H3. The summed E-state index contributed by atoms with van der Waals surface area (Å²) in [5.41, 5.74) is 5.76. The van der Waals surface area contributed by atoms with Crippen molar-refractivity contribution in [3.8, 4) is 11.3 Å². The molecule has 1 heterocycles.